The molecule has 0 saturated heterocycles. The summed E-state index contributed by atoms with van der Waals surface area (Å²) in [4.78, 5) is 11.9. The highest BCUT2D eigenvalue weighted by Crippen LogP contribution is 2.46. The van der Waals surface area contributed by atoms with Gasteiger partial charge in [0.15, 0.2) is 5.78 Å². The standard InChI is InChI=1S/C17H22O/c1-10(2)11(3)12(4)16-9-14-7-6-8-15(14)17(16)13(5)18/h10H,3-4,6-9H2,1-2,5H3. The number of Topliss-reactive ketones (excluding diaryl/α,β-unsaturated/α-hetero) is 1. The normalized spacial score (nSPS) is 18.7. The minimum Gasteiger partial charge on any atom is -0.294 e. The molecule has 0 aromatic carbocycles. The SMILES string of the molecule is C=C(C(=C)C(C)C)C1=C(C(C)=O)C2=C(CCC2)C1. The number of hydrogen-bond acceptors (Lipinski definition) is 1. The highest BCUT2D eigenvalue weighted by molar-refractivity contribution is 6.01. The second-order valence-electron chi connectivity index (χ2n) is 5.68. The van der Waals surface area contributed by atoms with E-state index in [0.717, 1.165) is 41.6 Å². The van der Waals surface area contributed by atoms with E-state index in [1.54, 1.807) is 6.92 Å². The predicted octanol–water partition coefficient (Wildman–Crippen LogP) is 4.52. The lowest BCUT2D eigenvalue weighted by molar-refractivity contribution is -0.113. The van der Waals surface area contributed by atoms with E-state index in [-0.39, 0.29) is 5.78 Å². The van der Waals surface area contributed by atoms with Crippen LogP contribution in [0.3, 0.4) is 0 Å². The van der Waals surface area contributed by atoms with Crippen LogP contribution in [0.5, 0.6) is 0 Å². The van der Waals surface area contributed by atoms with Gasteiger partial charge in [-0.15, -0.1) is 0 Å². The summed E-state index contributed by atoms with van der Waals surface area (Å²) in [5.74, 6) is 0.572. The van der Waals surface area contributed by atoms with Crippen molar-refractivity contribution < 1.29 is 4.79 Å². The molecule has 2 aliphatic carbocycles. The fraction of sp³-hybridized carbons (Fsp3) is 0.471. The Bertz CT molecular complexity index is 498. The van der Waals surface area contributed by atoms with Crippen molar-refractivity contribution in [2.45, 2.75) is 46.5 Å². The Morgan fingerprint density at radius 2 is 1.89 bits per heavy atom. The van der Waals surface area contributed by atoms with Crippen LogP contribution in [0.2, 0.25) is 0 Å². The van der Waals surface area contributed by atoms with Crippen LogP contribution in [-0.4, -0.2) is 5.78 Å². The van der Waals surface area contributed by atoms with Crippen LogP contribution in [0, 0.1) is 5.92 Å². The quantitative estimate of drug-likeness (QED) is 0.662. The Hall–Kier alpha value is -1.37. The summed E-state index contributed by atoms with van der Waals surface area (Å²) in [5, 5.41) is 0. The van der Waals surface area contributed by atoms with Crippen LogP contribution in [-0.2, 0) is 4.79 Å². The maximum absolute atomic E-state index is 11.9. The molecule has 2 aliphatic rings. The summed E-state index contributed by atoms with van der Waals surface area (Å²) in [5.41, 5.74) is 6.93. The van der Waals surface area contributed by atoms with Gasteiger partial charge in [0.05, 0.1) is 0 Å². The lowest BCUT2D eigenvalue weighted by atomic mass is 9.87. The molecule has 0 aromatic heterocycles. The maximum atomic E-state index is 11.9. The molecule has 0 aliphatic heterocycles. The first kappa shape index (κ1) is 13.1. The molecule has 0 bridgehead atoms. The molecule has 0 unspecified atom stereocenters. The summed E-state index contributed by atoms with van der Waals surface area (Å²) in [6.07, 6.45) is 4.34. The predicted molar refractivity (Wildman–Crippen MR) is 76.3 cm³/mol. The summed E-state index contributed by atoms with van der Waals surface area (Å²) >= 11 is 0. The van der Waals surface area contributed by atoms with Gasteiger partial charge in [-0.1, -0.05) is 32.6 Å². The van der Waals surface area contributed by atoms with Crippen LogP contribution in [0.4, 0.5) is 0 Å². The van der Waals surface area contributed by atoms with Crippen molar-refractivity contribution in [1.82, 2.24) is 0 Å². The van der Waals surface area contributed by atoms with E-state index in [0.29, 0.717) is 5.92 Å². The van der Waals surface area contributed by atoms with Gasteiger partial charge >= 0.3 is 0 Å². The highest BCUT2D eigenvalue weighted by atomic mass is 16.1. The Morgan fingerprint density at radius 3 is 2.44 bits per heavy atom. The van der Waals surface area contributed by atoms with Gasteiger partial charge in [-0.05, 0) is 60.8 Å². The molecule has 1 nitrogen and oxygen atoms in total. The number of hydrogen-bond donors (Lipinski definition) is 0. The van der Waals surface area contributed by atoms with E-state index in [4.69, 9.17) is 0 Å². The molecule has 18 heavy (non-hydrogen) atoms. The van der Waals surface area contributed by atoms with Crippen LogP contribution < -0.4 is 0 Å². The van der Waals surface area contributed by atoms with Crippen molar-refractivity contribution in [1.29, 1.82) is 0 Å². The van der Waals surface area contributed by atoms with Crippen LogP contribution in [0.15, 0.2) is 46.6 Å². The Kier molecular flexibility index (Phi) is 3.43. The summed E-state index contributed by atoms with van der Waals surface area (Å²) in [6, 6.07) is 0. The molecular weight excluding hydrogens is 220 g/mol. The fourth-order valence-corrected chi connectivity index (χ4v) is 3.01. The number of ketones is 1. The lowest BCUT2D eigenvalue weighted by Gasteiger charge is -2.16. The first-order chi connectivity index (χ1) is 8.43. The molecule has 0 saturated carbocycles. The van der Waals surface area contributed by atoms with Crippen molar-refractivity contribution in [2.75, 3.05) is 0 Å². The monoisotopic (exact) mass is 242 g/mol. The van der Waals surface area contributed by atoms with Gasteiger partial charge in [0.2, 0.25) is 0 Å². The van der Waals surface area contributed by atoms with Gasteiger partial charge in [0.1, 0.15) is 0 Å². The average Bonchev–Trinajstić information content (AvgIpc) is 2.85. The van der Waals surface area contributed by atoms with E-state index in [1.807, 2.05) is 0 Å². The van der Waals surface area contributed by atoms with E-state index in [1.165, 1.54) is 17.6 Å². The Labute approximate surface area is 110 Å². The molecule has 0 heterocycles. The third kappa shape index (κ3) is 2.03. The number of rotatable bonds is 4. The summed E-state index contributed by atoms with van der Waals surface area (Å²) < 4.78 is 0. The molecule has 0 N–H and O–H groups in total. The van der Waals surface area contributed by atoms with Crippen molar-refractivity contribution in [2.24, 2.45) is 5.92 Å². The highest BCUT2D eigenvalue weighted by Gasteiger charge is 2.31. The fourth-order valence-electron chi connectivity index (χ4n) is 3.01. The van der Waals surface area contributed by atoms with E-state index >= 15 is 0 Å². The van der Waals surface area contributed by atoms with E-state index in [9.17, 15) is 4.79 Å². The van der Waals surface area contributed by atoms with Crippen LogP contribution in [0.1, 0.15) is 46.5 Å². The molecule has 2 rings (SSSR count). The molecule has 0 atom stereocenters. The third-order valence-electron chi connectivity index (χ3n) is 4.13. The van der Waals surface area contributed by atoms with Gasteiger partial charge in [0, 0.05) is 5.57 Å². The van der Waals surface area contributed by atoms with Crippen molar-refractivity contribution in [3.05, 3.63) is 46.6 Å². The van der Waals surface area contributed by atoms with Crippen molar-refractivity contribution in [3.63, 3.8) is 0 Å². The van der Waals surface area contributed by atoms with Crippen LogP contribution >= 0.6 is 0 Å². The minimum atomic E-state index is 0.189. The molecule has 96 valence electrons. The summed E-state index contributed by atoms with van der Waals surface area (Å²) in [6.45, 7) is 14.2. The zero-order valence-corrected chi connectivity index (χ0v) is 11.7. The smallest absolute Gasteiger partial charge is 0.160 e. The molecule has 1 heteroatoms. The molecule has 0 fully saturated rings. The van der Waals surface area contributed by atoms with E-state index < -0.39 is 0 Å². The molecule has 0 radical (unpaired) electrons. The molecule has 0 aromatic rings. The number of carbonyl (C=O) groups is 1. The first-order valence-corrected chi connectivity index (χ1v) is 6.77. The van der Waals surface area contributed by atoms with Gasteiger partial charge in [-0.3, -0.25) is 4.79 Å². The minimum absolute atomic E-state index is 0.189. The molecule has 0 amide bonds. The largest absolute Gasteiger partial charge is 0.294 e. The number of allylic oxidation sites excluding steroid dienone is 6. The molecule has 0 spiro atoms. The van der Waals surface area contributed by atoms with Crippen LogP contribution in [0.25, 0.3) is 0 Å². The second-order valence-corrected chi connectivity index (χ2v) is 5.68. The Balaban J connectivity index is 2.38. The molecular formula is C17H22O. The average molecular weight is 242 g/mol. The van der Waals surface area contributed by atoms with Gasteiger partial charge < -0.3 is 0 Å². The first-order valence-electron chi connectivity index (χ1n) is 6.77. The Morgan fingerprint density at radius 1 is 1.22 bits per heavy atom. The third-order valence-corrected chi connectivity index (χ3v) is 4.13. The topological polar surface area (TPSA) is 17.1 Å². The van der Waals surface area contributed by atoms with E-state index in [2.05, 4.69) is 27.0 Å². The summed E-state index contributed by atoms with van der Waals surface area (Å²) in [7, 11) is 0. The zero-order chi connectivity index (χ0) is 13.4. The van der Waals surface area contributed by atoms with Gasteiger partial charge in [-0.25, -0.2) is 0 Å². The van der Waals surface area contributed by atoms with Crippen molar-refractivity contribution in [3.8, 4) is 0 Å². The lowest BCUT2D eigenvalue weighted by Crippen LogP contribution is -2.05. The zero-order valence-electron chi connectivity index (χ0n) is 11.7. The van der Waals surface area contributed by atoms with Crippen molar-refractivity contribution >= 4 is 5.78 Å². The maximum Gasteiger partial charge on any atom is 0.160 e. The second kappa shape index (κ2) is 4.72. The number of carbonyl (C=O) groups excluding carboxylic acids is 1. The van der Waals surface area contributed by atoms with Gasteiger partial charge in [-0.2, -0.15) is 0 Å². The van der Waals surface area contributed by atoms with Gasteiger partial charge in [0.25, 0.3) is 0 Å².